The Hall–Kier alpha value is -1.86. The summed E-state index contributed by atoms with van der Waals surface area (Å²) < 4.78 is 39.2. The second-order valence-electron chi connectivity index (χ2n) is 5.93. The Morgan fingerprint density at radius 3 is 2.75 bits per heavy atom. The minimum absolute atomic E-state index is 0.152. The van der Waals surface area contributed by atoms with Gasteiger partial charge < -0.3 is 5.11 Å². The Kier molecular flexibility index (Phi) is 4.40. The number of hydrogen-bond donors (Lipinski definition) is 1. The van der Waals surface area contributed by atoms with Gasteiger partial charge >= 0.3 is 12.1 Å². The van der Waals surface area contributed by atoms with Gasteiger partial charge in [0.15, 0.2) is 0 Å². The van der Waals surface area contributed by atoms with Gasteiger partial charge in [-0.15, -0.1) is 0 Å². The number of carboxylic acids is 1. The maximum Gasteiger partial charge on any atom is 0.393 e. The summed E-state index contributed by atoms with van der Waals surface area (Å²) >= 11 is 6.07. The number of halogens is 4. The molecule has 0 unspecified atom stereocenters. The van der Waals surface area contributed by atoms with Crippen LogP contribution in [0.1, 0.15) is 5.56 Å². The fourth-order valence-corrected chi connectivity index (χ4v) is 3.43. The van der Waals surface area contributed by atoms with Gasteiger partial charge in [0.1, 0.15) is 0 Å². The molecule has 0 radical (unpaired) electrons. The van der Waals surface area contributed by atoms with Crippen molar-refractivity contribution < 1.29 is 23.1 Å². The topological polar surface area (TPSA) is 53.4 Å². The summed E-state index contributed by atoms with van der Waals surface area (Å²) in [4.78, 5) is 16.9. The van der Waals surface area contributed by atoms with Crippen molar-refractivity contribution in [3.8, 4) is 0 Å². The van der Waals surface area contributed by atoms with E-state index in [1.165, 1.54) is 4.90 Å². The quantitative estimate of drug-likeness (QED) is 0.911. The zero-order valence-corrected chi connectivity index (χ0v) is 13.2. The molecule has 1 aliphatic heterocycles. The van der Waals surface area contributed by atoms with E-state index in [1.807, 2.05) is 6.07 Å². The fraction of sp³-hybridized carbons (Fsp3) is 0.375. The maximum atomic E-state index is 13.1. The molecule has 1 fully saturated rings. The normalized spacial score (nSPS) is 22.2. The van der Waals surface area contributed by atoms with Crippen LogP contribution in [0.3, 0.4) is 0 Å². The van der Waals surface area contributed by atoms with E-state index < -0.39 is 24.0 Å². The molecule has 2 atom stereocenters. The molecule has 0 spiro atoms. The van der Waals surface area contributed by atoms with E-state index in [0.29, 0.717) is 16.1 Å². The highest BCUT2D eigenvalue weighted by molar-refractivity contribution is 6.31. The van der Waals surface area contributed by atoms with Crippen LogP contribution < -0.4 is 0 Å². The molecule has 1 N–H and O–H groups in total. The molecule has 1 aromatic heterocycles. The number of carbonyl (C=O) groups is 1. The van der Waals surface area contributed by atoms with Crippen LogP contribution in [0.25, 0.3) is 10.9 Å². The largest absolute Gasteiger partial charge is 0.481 e. The summed E-state index contributed by atoms with van der Waals surface area (Å²) in [5.41, 5.74) is 1.34. The lowest BCUT2D eigenvalue weighted by molar-refractivity contribution is -0.188. The van der Waals surface area contributed by atoms with Gasteiger partial charge in [0.25, 0.3) is 0 Å². The average molecular weight is 359 g/mol. The number of pyridine rings is 1. The number of benzene rings is 1. The van der Waals surface area contributed by atoms with Crippen LogP contribution >= 0.6 is 11.6 Å². The summed E-state index contributed by atoms with van der Waals surface area (Å²) in [7, 11) is 0. The van der Waals surface area contributed by atoms with Gasteiger partial charge in [0, 0.05) is 36.2 Å². The van der Waals surface area contributed by atoms with Gasteiger partial charge in [-0.1, -0.05) is 17.7 Å². The minimum Gasteiger partial charge on any atom is -0.481 e. The maximum absolute atomic E-state index is 13.1. The summed E-state index contributed by atoms with van der Waals surface area (Å²) in [6.45, 7) is -0.327. The molecular weight excluding hydrogens is 345 g/mol. The lowest BCUT2D eigenvalue weighted by Crippen LogP contribution is -2.33. The van der Waals surface area contributed by atoms with Crippen LogP contribution in [-0.2, 0) is 11.3 Å². The molecule has 128 valence electrons. The molecule has 1 aliphatic rings. The van der Waals surface area contributed by atoms with Crippen molar-refractivity contribution >= 4 is 28.5 Å². The van der Waals surface area contributed by atoms with Crippen molar-refractivity contribution in [2.24, 2.45) is 11.8 Å². The van der Waals surface area contributed by atoms with Crippen molar-refractivity contribution in [3.05, 3.63) is 41.0 Å². The van der Waals surface area contributed by atoms with Crippen molar-refractivity contribution in [3.63, 3.8) is 0 Å². The van der Waals surface area contributed by atoms with E-state index in [9.17, 15) is 18.0 Å². The van der Waals surface area contributed by atoms with Gasteiger partial charge in [0.05, 0.1) is 17.4 Å². The van der Waals surface area contributed by atoms with Crippen molar-refractivity contribution in [2.75, 3.05) is 13.1 Å². The number of carboxylic acid groups (broad SMARTS) is 1. The standard InChI is InChI=1S/C16H14ClF3N2O2/c17-11-4-9-2-1-3-21-14(9)10(5-11)6-22-7-12(15(23)24)13(8-22)16(18,19)20/h1-5,12-13H,6-8H2,(H,23,24)/t12-,13-/m1/s1. The predicted molar refractivity (Wildman–Crippen MR) is 82.7 cm³/mol. The Balaban J connectivity index is 1.89. The van der Waals surface area contributed by atoms with E-state index in [4.69, 9.17) is 16.7 Å². The Labute approximate surface area is 140 Å². The van der Waals surface area contributed by atoms with Gasteiger partial charge in [-0.3, -0.25) is 14.7 Å². The highest BCUT2D eigenvalue weighted by Gasteiger charge is 2.52. The molecule has 0 bridgehead atoms. The first-order valence-corrected chi connectivity index (χ1v) is 7.68. The SMILES string of the molecule is O=C(O)[C@@H]1CN(Cc2cc(Cl)cc3cccnc23)C[C@H]1C(F)(F)F. The second kappa shape index (κ2) is 6.22. The zero-order chi connectivity index (χ0) is 17.5. The van der Waals surface area contributed by atoms with E-state index in [-0.39, 0.29) is 19.6 Å². The first kappa shape index (κ1) is 17.0. The third kappa shape index (κ3) is 3.32. The van der Waals surface area contributed by atoms with E-state index in [2.05, 4.69) is 4.98 Å². The summed E-state index contributed by atoms with van der Waals surface area (Å²) in [6, 6.07) is 6.96. The molecule has 8 heteroatoms. The molecule has 2 heterocycles. The number of hydrogen-bond acceptors (Lipinski definition) is 3. The van der Waals surface area contributed by atoms with E-state index in [0.717, 1.165) is 5.39 Å². The van der Waals surface area contributed by atoms with Crippen molar-refractivity contribution in [1.82, 2.24) is 9.88 Å². The molecule has 0 amide bonds. The summed E-state index contributed by atoms with van der Waals surface area (Å²) in [5, 5.41) is 10.3. The molecule has 24 heavy (non-hydrogen) atoms. The lowest BCUT2D eigenvalue weighted by Gasteiger charge is -2.19. The molecule has 0 saturated carbocycles. The molecule has 0 aliphatic carbocycles. The highest BCUT2D eigenvalue weighted by atomic mass is 35.5. The van der Waals surface area contributed by atoms with Gasteiger partial charge in [-0.25, -0.2) is 0 Å². The number of nitrogens with zero attached hydrogens (tertiary/aromatic N) is 2. The van der Waals surface area contributed by atoms with Crippen LogP contribution in [0.4, 0.5) is 13.2 Å². The molecule has 4 nitrogen and oxygen atoms in total. The molecule has 2 aromatic rings. The van der Waals surface area contributed by atoms with Crippen LogP contribution in [0.2, 0.25) is 5.02 Å². The monoisotopic (exact) mass is 358 g/mol. The van der Waals surface area contributed by atoms with Gasteiger partial charge in [-0.2, -0.15) is 13.2 Å². The fourth-order valence-electron chi connectivity index (χ4n) is 3.19. The molecule has 3 rings (SSSR count). The van der Waals surface area contributed by atoms with Crippen molar-refractivity contribution in [2.45, 2.75) is 12.7 Å². The Morgan fingerprint density at radius 2 is 2.12 bits per heavy atom. The predicted octanol–water partition coefficient (Wildman–Crippen LogP) is 3.58. The zero-order valence-electron chi connectivity index (χ0n) is 12.4. The smallest absolute Gasteiger partial charge is 0.393 e. The number of likely N-dealkylation sites (tertiary alicyclic amines) is 1. The third-order valence-corrected chi connectivity index (χ3v) is 4.49. The first-order chi connectivity index (χ1) is 11.3. The molecular formula is C16H14ClF3N2O2. The lowest BCUT2D eigenvalue weighted by atomic mass is 9.96. The summed E-state index contributed by atoms with van der Waals surface area (Å²) in [5.74, 6) is -4.74. The second-order valence-corrected chi connectivity index (χ2v) is 6.36. The number of alkyl halides is 3. The van der Waals surface area contributed by atoms with Crippen molar-refractivity contribution in [1.29, 1.82) is 0 Å². The van der Waals surface area contributed by atoms with Crippen LogP contribution in [0.15, 0.2) is 30.5 Å². The molecule has 1 saturated heterocycles. The summed E-state index contributed by atoms with van der Waals surface area (Å²) in [6.07, 6.45) is -2.94. The van der Waals surface area contributed by atoms with E-state index in [1.54, 1.807) is 24.4 Å². The van der Waals surface area contributed by atoms with Crippen LogP contribution in [0.5, 0.6) is 0 Å². The Morgan fingerprint density at radius 1 is 1.38 bits per heavy atom. The first-order valence-electron chi connectivity index (χ1n) is 7.30. The van der Waals surface area contributed by atoms with Gasteiger partial charge in [-0.05, 0) is 23.8 Å². The average Bonchev–Trinajstić information content (AvgIpc) is 2.91. The van der Waals surface area contributed by atoms with Crippen LogP contribution in [0, 0.1) is 11.8 Å². The van der Waals surface area contributed by atoms with Crippen LogP contribution in [-0.4, -0.2) is 40.2 Å². The third-order valence-electron chi connectivity index (χ3n) is 4.28. The number of rotatable bonds is 3. The minimum atomic E-state index is -4.54. The van der Waals surface area contributed by atoms with Gasteiger partial charge in [0.2, 0.25) is 0 Å². The number of fused-ring (bicyclic) bond motifs is 1. The number of aliphatic carboxylic acids is 1. The highest BCUT2D eigenvalue weighted by Crippen LogP contribution is 2.38. The number of aromatic nitrogens is 1. The molecule has 1 aromatic carbocycles. The van der Waals surface area contributed by atoms with E-state index >= 15 is 0 Å². The Bertz CT molecular complexity index is 781.